The maximum atomic E-state index is 13.7. The van der Waals surface area contributed by atoms with Crippen LogP contribution in [-0.4, -0.2) is 22.7 Å². The number of phenolic OH excluding ortho intramolecular Hbond substituents is 1. The molecule has 3 aromatic rings. The highest BCUT2D eigenvalue weighted by Crippen LogP contribution is 2.35. The van der Waals surface area contributed by atoms with E-state index in [9.17, 15) is 23.5 Å². The molecule has 0 saturated carbocycles. The molecule has 3 rings (SSSR count). The highest BCUT2D eigenvalue weighted by Gasteiger charge is 2.34. The summed E-state index contributed by atoms with van der Waals surface area (Å²) in [6, 6.07) is 16.5. The van der Waals surface area contributed by atoms with E-state index >= 15 is 0 Å². The number of rotatable bonds is 6. The molecule has 0 aliphatic heterocycles. The van der Waals surface area contributed by atoms with Crippen molar-refractivity contribution in [1.82, 2.24) is 5.48 Å². The van der Waals surface area contributed by atoms with E-state index in [1.807, 2.05) is 5.48 Å². The zero-order valence-electron chi connectivity index (χ0n) is 16.1. The van der Waals surface area contributed by atoms with Gasteiger partial charge in [-0.2, -0.15) is 13.2 Å². The number of halogens is 4. The fourth-order valence-electron chi connectivity index (χ4n) is 2.91. The van der Waals surface area contributed by atoms with Crippen molar-refractivity contribution in [2.24, 2.45) is 4.99 Å². The standard InChI is InChI=1S/C22H19ClF3N3O2/c23-16-2-1-3-17(13-16)28-21(29-31)15-6-9-20(19(12-15)22(24,25)26)27-11-10-14-4-7-18(30)8-5-14/h1-9,12-13,27,30-31H,10-11H2,(H,28,29). The number of aliphatic imine (C=N–C) groups is 1. The van der Waals surface area contributed by atoms with Crippen molar-refractivity contribution < 1.29 is 23.5 Å². The summed E-state index contributed by atoms with van der Waals surface area (Å²) in [7, 11) is 0. The topological polar surface area (TPSA) is 76.9 Å². The zero-order valence-corrected chi connectivity index (χ0v) is 16.9. The number of hydrogen-bond donors (Lipinski definition) is 4. The molecule has 0 saturated heterocycles. The van der Waals surface area contributed by atoms with E-state index in [0.29, 0.717) is 17.1 Å². The second kappa shape index (κ2) is 9.72. The van der Waals surface area contributed by atoms with Crippen molar-refractivity contribution in [3.05, 3.63) is 88.4 Å². The molecule has 0 fully saturated rings. The van der Waals surface area contributed by atoms with Gasteiger partial charge in [0, 0.05) is 22.8 Å². The first kappa shape index (κ1) is 22.5. The third-order valence-corrected chi connectivity index (χ3v) is 4.65. The minimum atomic E-state index is -4.62. The molecule has 0 aliphatic carbocycles. The van der Waals surface area contributed by atoms with E-state index in [4.69, 9.17) is 11.6 Å². The Morgan fingerprint density at radius 3 is 2.39 bits per heavy atom. The van der Waals surface area contributed by atoms with Gasteiger partial charge in [-0.1, -0.05) is 29.8 Å². The van der Waals surface area contributed by atoms with Crippen molar-refractivity contribution in [3.8, 4) is 5.75 Å². The summed E-state index contributed by atoms with van der Waals surface area (Å²) in [5, 5.41) is 21.9. The predicted molar refractivity (Wildman–Crippen MR) is 114 cm³/mol. The molecule has 31 heavy (non-hydrogen) atoms. The molecule has 0 radical (unpaired) electrons. The Kier molecular flexibility index (Phi) is 7.04. The predicted octanol–water partition coefficient (Wildman–Crippen LogP) is 5.78. The van der Waals surface area contributed by atoms with E-state index in [1.165, 1.54) is 30.3 Å². The van der Waals surface area contributed by atoms with Crippen LogP contribution in [0, 0.1) is 0 Å². The molecule has 0 bridgehead atoms. The average Bonchev–Trinajstić information content (AvgIpc) is 2.73. The number of phenols is 1. The number of benzene rings is 3. The Morgan fingerprint density at radius 2 is 1.74 bits per heavy atom. The van der Waals surface area contributed by atoms with Crippen molar-refractivity contribution in [2.45, 2.75) is 12.6 Å². The Labute approximate surface area is 181 Å². The van der Waals surface area contributed by atoms with Crippen molar-refractivity contribution in [2.75, 3.05) is 11.9 Å². The number of hydroxylamine groups is 1. The van der Waals surface area contributed by atoms with E-state index in [1.54, 1.807) is 30.3 Å². The first-order valence-electron chi connectivity index (χ1n) is 9.24. The second-order valence-electron chi connectivity index (χ2n) is 6.65. The number of nitrogens with zero attached hydrogens (tertiary/aromatic N) is 1. The SMILES string of the molecule is ONC(=Nc1cccc(Cl)c1)c1ccc(NCCc2ccc(O)cc2)c(C(F)(F)F)c1. The molecule has 0 spiro atoms. The molecule has 9 heteroatoms. The van der Waals surface area contributed by atoms with Gasteiger partial charge < -0.3 is 10.4 Å². The number of hydrogen-bond acceptors (Lipinski definition) is 4. The van der Waals surface area contributed by atoms with Crippen LogP contribution in [0.4, 0.5) is 24.5 Å². The molecule has 3 aromatic carbocycles. The molecule has 0 amide bonds. The quantitative estimate of drug-likeness (QED) is 0.219. The van der Waals surface area contributed by atoms with Crippen LogP contribution in [0.15, 0.2) is 71.7 Å². The summed E-state index contributed by atoms with van der Waals surface area (Å²) < 4.78 is 41.0. The van der Waals surface area contributed by atoms with E-state index in [-0.39, 0.29) is 29.4 Å². The van der Waals surface area contributed by atoms with Crippen molar-refractivity contribution >= 4 is 28.8 Å². The minimum absolute atomic E-state index is 0.0545. The number of amidine groups is 1. The Bertz CT molecular complexity index is 1070. The first-order chi connectivity index (χ1) is 14.8. The highest BCUT2D eigenvalue weighted by molar-refractivity contribution is 6.30. The lowest BCUT2D eigenvalue weighted by Gasteiger charge is -2.16. The molecule has 0 atom stereocenters. The van der Waals surface area contributed by atoms with Crippen LogP contribution < -0.4 is 10.8 Å². The molecule has 162 valence electrons. The molecule has 0 unspecified atom stereocenters. The van der Waals surface area contributed by atoms with Gasteiger partial charge in [-0.25, -0.2) is 4.99 Å². The third-order valence-electron chi connectivity index (χ3n) is 4.42. The van der Waals surface area contributed by atoms with E-state index in [0.717, 1.165) is 11.6 Å². The monoisotopic (exact) mass is 449 g/mol. The average molecular weight is 450 g/mol. The zero-order chi connectivity index (χ0) is 22.4. The number of anilines is 1. The summed E-state index contributed by atoms with van der Waals surface area (Å²) in [5.74, 6) is -0.0252. The molecular weight excluding hydrogens is 431 g/mol. The fourth-order valence-corrected chi connectivity index (χ4v) is 3.10. The molecule has 0 aromatic heterocycles. The van der Waals surface area contributed by atoms with Gasteiger partial charge in [-0.15, -0.1) is 0 Å². The van der Waals surface area contributed by atoms with Gasteiger partial charge in [-0.3, -0.25) is 10.7 Å². The Hall–Kier alpha value is -3.23. The van der Waals surface area contributed by atoms with Gasteiger partial charge in [0.15, 0.2) is 5.84 Å². The lowest BCUT2D eigenvalue weighted by Crippen LogP contribution is -2.21. The van der Waals surface area contributed by atoms with Crippen molar-refractivity contribution in [3.63, 3.8) is 0 Å². The Morgan fingerprint density at radius 1 is 1.00 bits per heavy atom. The molecule has 0 heterocycles. The van der Waals surface area contributed by atoms with Crippen LogP contribution in [0.25, 0.3) is 0 Å². The summed E-state index contributed by atoms with van der Waals surface area (Å²) in [4.78, 5) is 4.13. The number of alkyl halides is 3. The fraction of sp³-hybridized carbons (Fsp3) is 0.136. The summed E-state index contributed by atoms with van der Waals surface area (Å²) in [5.41, 5.74) is 2.17. The van der Waals surface area contributed by atoms with Crippen LogP contribution in [0.5, 0.6) is 5.75 Å². The van der Waals surface area contributed by atoms with Gasteiger partial charge in [0.05, 0.1) is 11.3 Å². The number of aromatic hydroxyl groups is 1. The summed E-state index contributed by atoms with van der Waals surface area (Å²) in [6.45, 7) is 0.259. The maximum Gasteiger partial charge on any atom is 0.418 e. The minimum Gasteiger partial charge on any atom is -0.508 e. The normalized spacial score (nSPS) is 12.0. The van der Waals surface area contributed by atoms with E-state index < -0.39 is 11.7 Å². The molecule has 0 aliphatic rings. The van der Waals surface area contributed by atoms with Crippen LogP contribution in [0.2, 0.25) is 5.02 Å². The number of nitrogens with one attached hydrogen (secondary N) is 2. The summed E-state index contributed by atoms with van der Waals surface area (Å²) >= 11 is 5.90. The van der Waals surface area contributed by atoms with Crippen LogP contribution in [0.1, 0.15) is 16.7 Å². The lowest BCUT2D eigenvalue weighted by atomic mass is 10.1. The van der Waals surface area contributed by atoms with Gasteiger partial charge in [-0.05, 0) is 60.5 Å². The second-order valence-corrected chi connectivity index (χ2v) is 7.09. The van der Waals surface area contributed by atoms with Crippen molar-refractivity contribution in [1.29, 1.82) is 0 Å². The summed E-state index contributed by atoms with van der Waals surface area (Å²) in [6.07, 6.45) is -4.15. The van der Waals surface area contributed by atoms with Crippen LogP contribution in [-0.2, 0) is 12.6 Å². The molecule has 4 N–H and O–H groups in total. The molecular formula is C22H19ClF3N3O2. The van der Waals surface area contributed by atoms with Crippen LogP contribution in [0.3, 0.4) is 0 Å². The maximum absolute atomic E-state index is 13.7. The highest BCUT2D eigenvalue weighted by atomic mass is 35.5. The Balaban J connectivity index is 1.84. The lowest BCUT2D eigenvalue weighted by molar-refractivity contribution is -0.137. The van der Waals surface area contributed by atoms with E-state index in [2.05, 4.69) is 10.3 Å². The van der Waals surface area contributed by atoms with Crippen LogP contribution >= 0.6 is 11.6 Å². The van der Waals surface area contributed by atoms with Gasteiger partial charge in [0.2, 0.25) is 0 Å². The third kappa shape index (κ3) is 6.13. The van der Waals surface area contributed by atoms with Gasteiger partial charge >= 0.3 is 6.18 Å². The molecule has 5 nitrogen and oxygen atoms in total. The largest absolute Gasteiger partial charge is 0.508 e. The first-order valence-corrected chi connectivity index (χ1v) is 9.62. The van der Waals surface area contributed by atoms with Gasteiger partial charge in [0.25, 0.3) is 0 Å². The van der Waals surface area contributed by atoms with Gasteiger partial charge in [0.1, 0.15) is 5.75 Å². The smallest absolute Gasteiger partial charge is 0.418 e.